The number of phosphoric acid groups is 1. The summed E-state index contributed by atoms with van der Waals surface area (Å²) >= 11 is 0. The minimum absolute atomic E-state index is 0.00725. The lowest BCUT2D eigenvalue weighted by molar-refractivity contribution is -0.870. The highest BCUT2D eigenvalue weighted by molar-refractivity contribution is 7.45. The summed E-state index contributed by atoms with van der Waals surface area (Å²) in [5.74, 6) is -0.205. The molecule has 9 heteroatoms. The lowest BCUT2D eigenvalue weighted by Crippen LogP contribution is -2.45. The summed E-state index contributed by atoms with van der Waals surface area (Å²) in [6, 6.07) is -0.908. The molecule has 0 aliphatic rings. The average molecular weight is 1020 g/mol. The Morgan fingerprint density at radius 1 is 0.479 bits per heavy atom. The second-order valence-electron chi connectivity index (χ2n) is 22.4. The molecule has 3 atom stereocenters. The van der Waals surface area contributed by atoms with Crippen LogP contribution in [-0.2, 0) is 18.4 Å². The van der Waals surface area contributed by atoms with Crippen molar-refractivity contribution in [2.24, 2.45) is 0 Å². The number of likely N-dealkylation sites (N-methyl/N-ethyl adjacent to an activating group) is 1. The lowest BCUT2D eigenvalue weighted by atomic mass is 10.0. The van der Waals surface area contributed by atoms with Crippen molar-refractivity contribution in [2.45, 2.75) is 315 Å². The molecule has 1 amide bonds. The van der Waals surface area contributed by atoms with E-state index in [1.807, 2.05) is 27.2 Å². The first-order valence-electron chi connectivity index (χ1n) is 30.9. The van der Waals surface area contributed by atoms with Gasteiger partial charge < -0.3 is 28.8 Å². The van der Waals surface area contributed by atoms with Crippen molar-refractivity contribution >= 4 is 13.7 Å². The van der Waals surface area contributed by atoms with Crippen molar-refractivity contribution in [3.8, 4) is 0 Å². The van der Waals surface area contributed by atoms with Gasteiger partial charge in [-0.1, -0.05) is 288 Å². The van der Waals surface area contributed by atoms with Crippen LogP contribution in [0.15, 0.2) is 36.5 Å². The van der Waals surface area contributed by atoms with Gasteiger partial charge in [-0.15, -0.1) is 0 Å². The maximum Gasteiger partial charge on any atom is 0.268 e. The zero-order valence-electron chi connectivity index (χ0n) is 47.9. The molecule has 0 aliphatic heterocycles. The van der Waals surface area contributed by atoms with Gasteiger partial charge in [0.05, 0.1) is 39.9 Å². The standard InChI is InChI=1S/C62H121N2O6P/c1-6-8-10-12-14-16-18-20-22-24-26-28-30-31-32-34-35-37-39-41-43-45-47-49-51-53-55-61(65)60(59-70-71(67,68)69-58-57-64(3,4)5)63-62(66)56-54-52-50-48-46-44-42-40-38-36-33-29-27-25-23-21-19-17-15-13-11-9-7-2/h37,39,45,47,53,55,60-61,65H,6-36,38,40-44,46,48-52,54,56-59H2,1-5H3,(H-,63,66,67,68)/b39-37+,47-45+,55-53+. The number of aliphatic hydroxyl groups is 1. The Morgan fingerprint density at radius 2 is 0.789 bits per heavy atom. The first kappa shape index (κ1) is 69.7. The SMILES string of the molecule is CCCCCCCCCCCCCCCCCC/C=C/CC/C=C/CC/C=C/C(O)C(COP(=O)([O-])OCC[N+](C)(C)C)NC(=O)CCCCCCCCCCCCCCCCCCCCCCCCC. The molecule has 3 unspecified atom stereocenters. The number of carbonyl (C=O) groups excluding carboxylic acids is 1. The molecule has 0 saturated heterocycles. The summed E-state index contributed by atoms with van der Waals surface area (Å²) in [4.78, 5) is 25.5. The lowest BCUT2D eigenvalue weighted by Gasteiger charge is -2.29. The van der Waals surface area contributed by atoms with Gasteiger partial charge in [0.15, 0.2) is 0 Å². The summed E-state index contributed by atoms with van der Waals surface area (Å²) < 4.78 is 23.4. The number of unbranched alkanes of at least 4 members (excludes halogenated alkanes) is 40. The Kier molecular flexibility index (Phi) is 52.6. The number of amides is 1. The van der Waals surface area contributed by atoms with Crippen molar-refractivity contribution in [1.82, 2.24) is 5.32 Å². The van der Waals surface area contributed by atoms with Crippen LogP contribution in [0.1, 0.15) is 303 Å². The molecule has 0 aliphatic carbocycles. The van der Waals surface area contributed by atoms with Gasteiger partial charge in [0.25, 0.3) is 7.82 Å². The molecule has 0 saturated carbocycles. The fourth-order valence-electron chi connectivity index (χ4n) is 9.25. The minimum atomic E-state index is -4.61. The van der Waals surface area contributed by atoms with E-state index in [4.69, 9.17) is 9.05 Å². The topological polar surface area (TPSA) is 108 Å². The third-order valence-electron chi connectivity index (χ3n) is 14.1. The van der Waals surface area contributed by atoms with E-state index in [0.29, 0.717) is 17.4 Å². The Labute approximate surface area is 442 Å². The van der Waals surface area contributed by atoms with Gasteiger partial charge >= 0.3 is 0 Å². The molecule has 0 rings (SSSR count). The largest absolute Gasteiger partial charge is 0.756 e. The van der Waals surface area contributed by atoms with Gasteiger partial charge in [0, 0.05) is 6.42 Å². The van der Waals surface area contributed by atoms with E-state index in [-0.39, 0.29) is 12.5 Å². The van der Waals surface area contributed by atoms with Crippen LogP contribution in [-0.4, -0.2) is 68.5 Å². The number of allylic oxidation sites excluding steroid dienone is 5. The molecular weight excluding hydrogens is 900 g/mol. The molecular formula is C62H121N2O6P. The summed E-state index contributed by atoms with van der Waals surface area (Å²) in [5, 5.41) is 13.9. The molecule has 0 fully saturated rings. The molecule has 420 valence electrons. The van der Waals surface area contributed by atoms with Gasteiger partial charge in [-0.25, -0.2) is 0 Å². The number of aliphatic hydroxyl groups excluding tert-OH is 1. The molecule has 0 aromatic heterocycles. The third kappa shape index (κ3) is 56.3. The van der Waals surface area contributed by atoms with Crippen LogP contribution in [0.2, 0.25) is 0 Å². The second kappa shape index (κ2) is 53.5. The monoisotopic (exact) mass is 1020 g/mol. The van der Waals surface area contributed by atoms with Crippen LogP contribution in [0.3, 0.4) is 0 Å². The Hall–Kier alpha value is -1.28. The normalized spacial score (nSPS) is 14.1. The third-order valence-corrected chi connectivity index (χ3v) is 15.0. The molecule has 0 aromatic carbocycles. The van der Waals surface area contributed by atoms with E-state index in [0.717, 1.165) is 44.9 Å². The van der Waals surface area contributed by atoms with E-state index >= 15 is 0 Å². The number of hydrogen-bond donors (Lipinski definition) is 2. The van der Waals surface area contributed by atoms with E-state index < -0.39 is 26.6 Å². The smallest absolute Gasteiger partial charge is 0.268 e. The molecule has 2 N–H and O–H groups in total. The number of nitrogens with one attached hydrogen (secondary N) is 1. The van der Waals surface area contributed by atoms with E-state index in [2.05, 4.69) is 43.5 Å². The number of nitrogens with zero attached hydrogens (tertiary/aromatic N) is 1. The Balaban J connectivity index is 4.22. The molecule has 0 bridgehead atoms. The zero-order chi connectivity index (χ0) is 52.0. The van der Waals surface area contributed by atoms with Gasteiger partial charge in [0.2, 0.25) is 5.91 Å². The van der Waals surface area contributed by atoms with E-state index in [1.54, 1.807) is 6.08 Å². The highest BCUT2D eigenvalue weighted by Crippen LogP contribution is 2.38. The maximum atomic E-state index is 13.0. The molecule has 0 aromatic rings. The molecule has 0 radical (unpaired) electrons. The van der Waals surface area contributed by atoms with Crippen molar-refractivity contribution in [3.05, 3.63) is 36.5 Å². The van der Waals surface area contributed by atoms with Crippen molar-refractivity contribution < 1.29 is 32.9 Å². The maximum absolute atomic E-state index is 13.0. The number of carbonyl (C=O) groups is 1. The first-order valence-corrected chi connectivity index (χ1v) is 32.3. The second-order valence-corrected chi connectivity index (χ2v) is 23.8. The highest BCUT2D eigenvalue weighted by Gasteiger charge is 2.23. The van der Waals surface area contributed by atoms with Crippen LogP contribution in [0.4, 0.5) is 0 Å². The molecule has 71 heavy (non-hydrogen) atoms. The average Bonchev–Trinajstić information content (AvgIpc) is 3.33. The predicted octanol–water partition coefficient (Wildman–Crippen LogP) is 18.3. The number of phosphoric ester groups is 1. The summed E-state index contributed by atoms with van der Waals surface area (Å²) in [5.41, 5.74) is 0. The zero-order valence-corrected chi connectivity index (χ0v) is 48.8. The van der Waals surface area contributed by atoms with Crippen molar-refractivity contribution in [3.63, 3.8) is 0 Å². The Morgan fingerprint density at radius 3 is 1.14 bits per heavy atom. The van der Waals surface area contributed by atoms with E-state index in [9.17, 15) is 19.4 Å². The Bertz CT molecular complexity index is 1250. The van der Waals surface area contributed by atoms with Crippen LogP contribution in [0.25, 0.3) is 0 Å². The quantitative estimate of drug-likeness (QED) is 0.0272. The number of quaternary nitrogens is 1. The molecule has 8 nitrogen and oxygen atoms in total. The van der Waals surface area contributed by atoms with Crippen LogP contribution in [0.5, 0.6) is 0 Å². The van der Waals surface area contributed by atoms with Gasteiger partial charge in [-0.2, -0.15) is 0 Å². The summed E-state index contributed by atoms with van der Waals surface area (Å²) in [7, 11) is 1.25. The number of rotatable bonds is 57. The fraction of sp³-hybridized carbons (Fsp3) is 0.887. The predicted molar refractivity (Wildman–Crippen MR) is 307 cm³/mol. The fourth-order valence-corrected chi connectivity index (χ4v) is 9.97. The van der Waals surface area contributed by atoms with Crippen molar-refractivity contribution in [1.29, 1.82) is 0 Å². The number of hydrogen-bond acceptors (Lipinski definition) is 6. The first-order chi connectivity index (χ1) is 34.5. The van der Waals surface area contributed by atoms with Crippen LogP contribution < -0.4 is 10.2 Å². The molecule has 0 spiro atoms. The summed E-state index contributed by atoms with van der Waals surface area (Å²) in [6.07, 6.45) is 69.6. The summed E-state index contributed by atoms with van der Waals surface area (Å²) in [6.45, 7) is 4.67. The van der Waals surface area contributed by atoms with Gasteiger partial charge in [-0.05, 0) is 44.9 Å². The van der Waals surface area contributed by atoms with Gasteiger partial charge in [0.1, 0.15) is 13.2 Å². The molecule has 0 heterocycles. The van der Waals surface area contributed by atoms with E-state index in [1.165, 1.54) is 238 Å². The highest BCUT2D eigenvalue weighted by atomic mass is 31.2. The minimum Gasteiger partial charge on any atom is -0.756 e. The van der Waals surface area contributed by atoms with Gasteiger partial charge in [-0.3, -0.25) is 9.36 Å². The van der Waals surface area contributed by atoms with Crippen molar-refractivity contribution in [2.75, 3.05) is 40.9 Å². The van der Waals surface area contributed by atoms with Crippen LogP contribution >= 0.6 is 7.82 Å². The van der Waals surface area contributed by atoms with Crippen LogP contribution in [0, 0.1) is 0 Å².